The molecule has 0 saturated heterocycles. The van der Waals surface area contributed by atoms with Crippen molar-refractivity contribution < 1.29 is 19.1 Å². The standard InChI is InChI=1S/C26H48O4/c1-3-5-7-9-11-13-15-21-29-25(27)23-17-19-24(20-18-23)26(28)30-22-16-14-12-10-8-6-4-2/h23-24H,3-22H2,1-2H3. The van der Waals surface area contributed by atoms with E-state index < -0.39 is 0 Å². The van der Waals surface area contributed by atoms with Gasteiger partial charge >= 0.3 is 11.9 Å². The highest BCUT2D eigenvalue weighted by atomic mass is 16.5. The van der Waals surface area contributed by atoms with Crippen molar-refractivity contribution in [2.75, 3.05) is 13.2 Å². The van der Waals surface area contributed by atoms with E-state index in [-0.39, 0.29) is 23.8 Å². The van der Waals surface area contributed by atoms with Gasteiger partial charge in [-0.1, -0.05) is 90.9 Å². The van der Waals surface area contributed by atoms with Crippen LogP contribution in [0, 0.1) is 11.8 Å². The van der Waals surface area contributed by atoms with Crippen molar-refractivity contribution in [2.45, 2.75) is 129 Å². The van der Waals surface area contributed by atoms with Gasteiger partial charge in [0.15, 0.2) is 0 Å². The molecule has 0 spiro atoms. The molecule has 1 aliphatic carbocycles. The molecule has 0 atom stereocenters. The number of hydrogen-bond acceptors (Lipinski definition) is 4. The number of ether oxygens (including phenoxy) is 2. The molecule has 0 heterocycles. The molecule has 4 nitrogen and oxygen atoms in total. The molecule has 1 aliphatic rings. The summed E-state index contributed by atoms with van der Waals surface area (Å²) >= 11 is 0. The molecule has 176 valence electrons. The molecule has 0 bridgehead atoms. The van der Waals surface area contributed by atoms with Crippen LogP contribution in [-0.2, 0) is 19.1 Å². The summed E-state index contributed by atoms with van der Waals surface area (Å²) in [6, 6.07) is 0. The largest absolute Gasteiger partial charge is 0.465 e. The summed E-state index contributed by atoms with van der Waals surface area (Å²) in [5, 5.41) is 0. The van der Waals surface area contributed by atoms with Gasteiger partial charge in [-0.2, -0.15) is 0 Å². The molecule has 4 heteroatoms. The van der Waals surface area contributed by atoms with Crippen molar-refractivity contribution in [1.82, 2.24) is 0 Å². The smallest absolute Gasteiger partial charge is 0.308 e. The SMILES string of the molecule is CCCCCCCCCOC(=O)C1CCC(C(=O)OCCCCCCCCC)CC1. The van der Waals surface area contributed by atoms with Crippen molar-refractivity contribution in [3.63, 3.8) is 0 Å². The third-order valence-electron chi connectivity index (χ3n) is 6.38. The van der Waals surface area contributed by atoms with Crippen molar-refractivity contribution in [3.8, 4) is 0 Å². The second kappa shape index (κ2) is 18.7. The number of esters is 2. The van der Waals surface area contributed by atoms with E-state index >= 15 is 0 Å². The quantitative estimate of drug-likeness (QED) is 0.170. The average Bonchev–Trinajstić information content (AvgIpc) is 2.77. The van der Waals surface area contributed by atoms with E-state index in [1.807, 2.05) is 0 Å². The Morgan fingerprint density at radius 3 is 1.17 bits per heavy atom. The summed E-state index contributed by atoms with van der Waals surface area (Å²) in [6.45, 7) is 5.56. The highest BCUT2D eigenvalue weighted by molar-refractivity contribution is 5.75. The number of unbranched alkanes of at least 4 members (excludes halogenated alkanes) is 12. The fraction of sp³-hybridized carbons (Fsp3) is 0.923. The van der Waals surface area contributed by atoms with E-state index in [0.29, 0.717) is 13.2 Å². The van der Waals surface area contributed by atoms with E-state index in [0.717, 1.165) is 51.4 Å². The first kappa shape index (κ1) is 27.0. The first-order valence-corrected chi connectivity index (χ1v) is 13.0. The minimum absolute atomic E-state index is 0.0262. The Balaban J connectivity index is 2.00. The van der Waals surface area contributed by atoms with Gasteiger partial charge in [0.2, 0.25) is 0 Å². The Bertz CT molecular complexity index is 387. The molecular formula is C26H48O4. The minimum Gasteiger partial charge on any atom is -0.465 e. The van der Waals surface area contributed by atoms with Gasteiger partial charge in [-0.05, 0) is 38.5 Å². The second-order valence-electron chi connectivity index (χ2n) is 9.13. The molecule has 0 radical (unpaired) electrons. The van der Waals surface area contributed by atoms with Crippen LogP contribution in [0.2, 0.25) is 0 Å². The molecule has 0 unspecified atom stereocenters. The zero-order valence-electron chi connectivity index (χ0n) is 19.9. The maximum Gasteiger partial charge on any atom is 0.308 e. The highest BCUT2D eigenvalue weighted by Crippen LogP contribution is 2.30. The number of carbonyl (C=O) groups excluding carboxylic acids is 2. The van der Waals surface area contributed by atoms with Crippen LogP contribution in [0.5, 0.6) is 0 Å². The Labute approximate surface area is 185 Å². The van der Waals surface area contributed by atoms with Crippen molar-refractivity contribution >= 4 is 11.9 Å². The van der Waals surface area contributed by atoms with Gasteiger partial charge in [-0.3, -0.25) is 9.59 Å². The van der Waals surface area contributed by atoms with Crippen LogP contribution in [0.1, 0.15) is 129 Å². The van der Waals surface area contributed by atoms with Crippen molar-refractivity contribution in [3.05, 3.63) is 0 Å². The average molecular weight is 425 g/mol. The summed E-state index contributed by atoms with van der Waals surface area (Å²) in [7, 11) is 0. The van der Waals surface area contributed by atoms with Gasteiger partial charge in [0.05, 0.1) is 25.0 Å². The van der Waals surface area contributed by atoms with Crippen LogP contribution < -0.4 is 0 Å². The third kappa shape index (κ3) is 13.3. The summed E-state index contributed by atoms with van der Waals surface area (Å²) in [5.74, 6) is -0.171. The number of carbonyl (C=O) groups is 2. The monoisotopic (exact) mass is 424 g/mol. The highest BCUT2D eigenvalue weighted by Gasteiger charge is 2.31. The van der Waals surface area contributed by atoms with E-state index in [1.54, 1.807) is 0 Å². The van der Waals surface area contributed by atoms with Gasteiger partial charge in [0, 0.05) is 0 Å². The summed E-state index contributed by atoms with van der Waals surface area (Å²) in [4.78, 5) is 24.5. The fourth-order valence-electron chi connectivity index (χ4n) is 4.26. The summed E-state index contributed by atoms with van der Waals surface area (Å²) in [6.07, 6.45) is 20.2. The van der Waals surface area contributed by atoms with Crippen LogP contribution in [0.25, 0.3) is 0 Å². The fourth-order valence-corrected chi connectivity index (χ4v) is 4.26. The number of hydrogen-bond donors (Lipinski definition) is 0. The van der Waals surface area contributed by atoms with Crippen molar-refractivity contribution in [2.24, 2.45) is 11.8 Å². The Kier molecular flexibility index (Phi) is 16.8. The minimum atomic E-state index is -0.0594. The molecular weight excluding hydrogens is 376 g/mol. The van der Waals surface area contributed by atoms with Crippen LogP contribution in [0.15, 0.2) is 0 Å². The Hall–Kier alpha value is -1.06. The lowest BCUT2D eigenvalue weighted by Crippen LogP contribution is -2.28. The third-order valence-corrected chi connectivity index (χ3v) is 6.38. The van der Waals surface area contributed by atoms with Gasteiger partial charge in [-0.25, -0.2) is 0 Å². The lowest BCUT2D eigenvalue weighted by atomic mass is 9.82. The van der Waals surface area contributed by atoms with Gasteiger partial charge < -0.3 is 9.47 Å². The summed E-state index contributed by atoms with van der Waals surface area (Å²) in [5.41, 5.74) is 0. The van der Waals surface area contributed by atoms with E-state index in [9.17, 15) is 9.59 Å². The zero-order chi connectivity index (χ0) is 21.9. The molecule has 0 N–H and O–H groups in total. The van der Waals surface area contributed by atoms with E-state index in [1.165, 1.54) is 64.2 Å². The lowest BCUT2D eigenvalue weighted by Gasteiger charge is -2.26. The predicted octanol–water partition coefficient (Wildman–Crippen LogP) is 7.38. The van der Waals surface area contributed by atoms with E-state index in [2.05, 4.69) is 13.8 Å². The molecule has 0 aromatic rings. The van der Waals surface area contributed by atoms with Crippen molar-refractivity contribution in [1.29, 1.82) is 0 Å². The molecule has 1 saturated carbocycles. The maximum atomic E-state index is 12.2. The normalized spacial score (nSPS) is 18.9. The first-order valence-electron chi connectivity index (χ1n) is 13.0. The predicted molar refractivity (Wildman–Crippen MR) is 123 cm³/mol. The molecule has 0 aliphatic heterocycles. The van der Waals surface area contributed by atoms with Gasteiger partial charge in [0.25, 0.3) is 0 Å². The van der Waals surface area contributed by atoms with Crippen LogP contribution >= 0.6 is 0 Å². The zero-order valence-corrected chi connectivity index (χ0v) is 19.9. The topological polar surface area (TPSA) is 52.6 Å². The molecule has 0 aromatic heterocycles. The molecule has 30 heavy (non-hydrogen) atoms. The van der Waals surface area contributed by atoms with Gasteiger partial charge in [0.1, 0.15) is 0 Å². The van der Waals surface area contributed by atoms with Crippen LogP contribution in [0.3, 0.4) is 0 Å². The lowest BCUT2D eigenvalue weighted by molar-refractivity contribution is -0.155. The van der Waals surface area contributed by atoms with Crippen LogP contribution in [0.4, 0.5) is 0 Å². The Morgan fingerprint density at radius 2 is 0.833 bits per heavy atom. The van der Waals surface area contributed by atoms with E-state index in [4.69, 9.17) is 9.47 Å². The Morgan fingerprint density at radius 1 is 0.533 bits per heavy atom. The van der Waals surface area contributed by atoms with Gasteiger partial charge in [-0.15, -0.1) is 0 Å². The molecule has 1 rings (SSSR count). The molecule has 0 amide bonds. The van der Waals surface area contributed by atoms with Crippen LogP contribution in [-0.4, -0.2) is 25.2 Å². The molecule has 0 aromatic carbocycles. The number of rotatable bonds is 18. The summed E-state index contributed by atoms with van der Waals surface area (Å²) < 4.78 is 11.0. The molecule has 1 fully saturated rings. The maximum absolute atomic E-state index is 12.2. The second-order valence-corrected chi connectivity index (χ2v) is 9.13. The first-order chi connectivity index (χ1) is 14.7.